The first-order valence-corrected chi connectivity index (χ1v) is 12.8. The van der Waals surface area contributed by atoms with Crippen molar-refractivity contribution < 1.29 is 28.9 Å². The second-order valence-electron chi connectivity index (χ2n) is 6.45. The smallest absolute Gasteiger partial charge is 0.412 e. The Balaban J connectivity index is 2.26. The standard InChI is InChI=1S/C21H23Br2NO6S2/c1-28-17(7-8-29-18(25)11-31)20(15-9-12(22)10-16(23)19(15)26)30-21(27)24-13-3-5-14(32-2)6-4-13/h3-6,9-10,17,20,26,31H,7-8,11H2,1-2H3,(H,24,27)/t17-,20-/m0/s1. The number of amides is 1. The SMILES string of the molecule is CO[C@@H](CCOC(=O)CS)[C@@H](OC(=O)Nc1ccc(SC)cc1)c1cc(Br)cc(Br)c1O. The third kappa shape index (κ3) is 7.87. The highest BCUT2D eigenvalue weighted by Gasteiger charge is 2.31. The number of thiol groups is 1. The molecule has 0 spiro atoms. The van der Waals surface area contributed by atoms with Crippen molar-refractivity contribution in [3.8, 4) is 5.75 Å². The molecule has 2 aromatic rings. The molecule has 0 aliphatic rings. The van der Waals surface area contributed by atoms with E-state index in [9.17, 15) is 14.7 Å². The molecule has 0 bridgehead atoms. The Hall–Kier alpha value is -1.40. The van der Waals surface area contributed by atoms with Gasteiger partial charge in [-0.1, -0.05) is 15.9 Å². The van der Waals surface area contributed by atoms with E-state index in [2.05, 4.69) is 49.8 Å². The lowest BCUT2D eigenvalue weighted by Gasteiger charge is -2.27. The number of methoxy groups -OCH3 is 1. The van der Waals surface area contributed by atoms with Gasteiger partial charge in [0.15, 0.2) is 6.10 Å². The van der Waals surface area contributed by atoms with Crippen LogP contribution < -0.4 is 5.32 Å². The number of phenolic OH excluding ortho intramolecular Hbond substituents is 1. The number of ether oxygens (including phenoxy) is 3. The number of benzene rings is 2. The number of nitrogens with one attached hydrogen (secondary N) is 1. The summed E-state index contributed by atoms with van der Waals surface area (Å²) in [7, 11) is 1.45. The van der Waals surface area contributed by atoms with Crippen molar-refractivity contribution in [2.75, 3.05) is 31.0 Å². The zero-order valence-corrected chi connectivity index (χ0v) is 22.2. The lowest BCUT2D eigenvalue weighted by Crippen LogP contribution is -2.29. The lowest BCUT2D eigenvalue weighted by atomic mass is 10.0. The molecule has 0 heterocycles. The van der Waals surface area contributed by atoms with Crippen LogP contribution in [0.25, 0.3) is 0 Å². The number of aromatic hydroxyl groups is 1. The van der Waals surface area contributed by atoms with Gasteiger partial charge in [-0.25, -0.2) is 4.79 Å². The zero-order chi connectivity index (χ0) is 23.7. The van der Waals surface area contributed by atoms with Crippen LogP contribution in [0.2, 0.25) is 0 Å². The number of halogens is 2. The summed E-state index contributed by atoms with van der Waals surface area (Å²) in [5.41, 5.74) is 0.884. The van der Waals surface area contributed by atoms with Crippen molar-refractivity contribution in [1.82, 2.24) is 0 Å². The van der Waals surface area contributed by atoms with Gasteiger partial charge in [-0.3, -0.25) is 10.1 Å². The van der Waals surface area contributed by atoms with Crippen molar-refractivity contribution in [3.63, 3.8) is 0 Å². The summed E-state index contributed by atoms with van der Waals surface area (Å²) in [5, 5.41) is 13.3. The van der Waals surface area contributed by atoms with Crippen LogP contribution >= 0.6 is 56.3 Å². The van der Waals surface area contributed by atoms with Gasteiger partial charge < -0.3 is 19.3 Å². The number of hydrogen-bond donors (Lipinski definition) is 3. The Bertz CT molecular complexity index is 929. The minimum atomic E-state index is -0.992. The van der Waals surface area contributed by atoms with Gasteiger partial charge in [0.25, 0.3) is 0 Å². The van der Waals surface area contributed by atoms with Crippen LogP contribution in [0.3, 0.4) is 0 Å². The van der Waals surface area contributed by atoms with Gasteiger partial charge in [-0.05, 0) is 58.6 Å². The van der Waals surface area contributed by atoms with Crippen LogP contribution in [-0.4, -0.2) is 49.0 Å². The third-order valence-corrected chi connectivity index (χ3v) is 6.43. The summed E-state index contributed by atoms with van der Waals surface area (Å²) in [6, 6.07) is 10.6. The normalized spacial score (nSPS) is 12.7. The Morgan fingerprint density at radius 2 is 1.91 bits per heavy atom. The fraction of sp³-hybridized carbons (Fsp3) is 0.333. The molecule has 2 atom stereocenters. The highest BCUT2D eigenvalue weighted by atomic mass is 79.9. The summed E-state index contributed by atoms with van der Waals surface area (Å²) in [6.45, 7) is 0.0332. The number of phenols is 1. The third-order valence-electron chi connectivity index (χ3n) is 4.37. The molecule has 32 heavy (non-hydrogen) atoms. The topological polar surface area (TPSA) is 94.1 Å². The van der Waals surface area contributed by atoms with E-state index >= 15 is 0 Å². The molecule has 0 aliphatic carbocycles. The Morgan fingerprint density at radius 1 is 1.22 bits per heavy atom. The molecule has 7 nitrogen and oxygen atoms in total. The van der Waals surface area contributed by atoms with E-state index in [4.69, 9.17) is 14.2 Å². The number of carbonyl (C=O) groups is 2. The van der Waals surface area contributed by atoms with E-state index in [0.717, 1.165) is 4.90 Å². The summed E-state index contributed by atoms with van der Waals surface area (Å²) in [5.74, 6) is -0.612. The fourth-order valence-corrected chi connectivity index (χ4v) is 4.56. The average Bonchev–Trinajstić information content (AvgIpc) is 2.78. The molecule has 2 N–H and O–H groups in total. The largest absolute Gasteiger partial charge is 0.506 e. The van der Waals surface area contributed by atoms with E-state index < -0.39 is 24.3 Å². The Morgan fingerprint density at radius 3 is 2.50 bits per heavy atom. The predicted molar refractivity (Wildman–Crippen MR) is 135 cm³/mol. The lowest BCUT2D eigenvalue weighted by molar-refractivity contribution is -0.141. The highest BCUT2D eigenvalue weighted by molar-refractivity contribution is 9.11. The van der Waals surface area contributed by atoms with Crippen LogP contribution in [0.5, 0.6) is 5.75 Å². The average molecular weight is 609 g/mol. The van der Waals surface area contributed by atoms with Gasteiger partial charge >= 0.3 is 12.1 Å². The van der Waals surface area contributed by atoms with Crippen molar-refractivity contribution in [3.05, 3.63) is 50.9 Å². The number of esters is 1. The first-order chi connectivity index (χ1) is 15.3. The number of carbonyl (C=O) groups excluding carboxylic acids is 2. The summed E-state index contributed by atoms with van der Waals surface area (Å²) in [6.07, 6.45) is -0.243. The molecule has 2 rings (SSSR count). The quantitative estimate of drug-likeness (QED) is 0.178. The second kappa shape index (κ2) is 13.3. The van der Waals surface area contributed by atoms with Crippen molar-refractivity contribution >= 4 is 74.0 Å². The maximum atomic E-state index is 12.7. The Labute approximate surface area is 213 Å². The second-order valence-corrected chi connectivity index (χ2v) is 9.41. The van der Waals surface area contributed by atoms with Gasteiger partial charge in [0.05, 0.1) is 16.8 Å². The molecule has 0 saturated carbocycles. The molecule has 0 saturated heterocycles. The molecule has 1 amide bonds. The first kappa shape index (κ1) is 26.8. The van der Waals surface area contributed by atoms with Crippen LogP contribution in [-0.2, 0) is 19.0 Å². The van der Waals surface area contributed by atoms with Crippen molar-refractivity contribution in [2.45, 2.75) is 23.5 Å². The van der Waals surface area contributed by atoms with Gasteiger partial charge in [0.2, 0.25) is 0 Å². The van der Waals surface area contributed by atoms with Gasteiger partial charge in [0, 0.05) is 34.1 Å². The minimum Gasteiger partial charge on any atom is -0.506 e. The maximum absolute atomic E-state index is 12.7. The van der Waals surface area contributed by atoms with Gasteiger partial charge in [-0.2, -0.15) is 12.6 Å². The molecule has 0 aliphatic heterocycles. The van der Waals surface area contributed by atoms with Crippen LogP contribution in [0.15, 0.2) is 50.2 Å². The van der Waals surface area contributed by atoms with E-state index in [0.29, 0.717) is 20.2 Å². The molecule has 0 unspecified atom stereocenters. The van der Waals surface area contributed by atoms with Crippen LogP contribution in [0.1, 0.15) is 18.1 Å². The van der Waals surface area contributed by atoms with E-state index in [1.165, 1.54) is 7.11 Å². The predicted octanol–water partition coefficient (Wildman–Crippen LogP) is 5.81. The van der Waals surface area contributed by atoms with E-state index in [1.54, 1.807) is 36.0 Å². The molecule has 0 radical (unpaired) electrons. The summed E-state index contributed by atoms with van der Waals surface area (Å²) >= 11 is 12.1. The Kier molecular flexibility index (Phi) is 11.2. The monoisotopic (exact) mass is 607 g/mol. The molecule has 0 aromatic heterocycles. The van der Waals surface area contributed by atoms with Gasteiger partial charge in [0.1, 0.15) is 11.9 Å². The summed E-state index contributed by atoms with van der Waals surface area (Å²) in [4.78, 5) is 25.1. The fourth-order valence-electron chi connectivity index (χ4n) is 2.81. The van der Waals surface area contributed by atoms with Crippen molar-refractivity contribution in [1.29, 1.82) is 0 Å². The molecular weight excluding hydrogens is 586 g/mol. The summed E-state index contributed by atoms with van der Waals surface area (Å²) < 4.78 is 17.4. The van der Waals surface area contributed by atoms with E-state index in [1.807, 2.05) is 18.4 Å². The zero-order valence-electron chi connectivity index (χ0n) is 17.3. The maximum Gasteiger partial charge on any atom is 0.412 e. The number of thioether (sulfide) groups is 1. The molecular formula is C21H23Br2NO6S2. The molecule has 11 heteroatoms. The molecule has 174 valence electrons. The highest BCUT2D eigenvalue weighted by Crippen LogP contribution is 2.39. The number of rotatable bonds is 10. The molecule has 2 aromatic carbocycles. The first-order valence-electron chi connectivity index (χ1n) is 9.37. The van der Waals surface area contributed by atoms with Crippen LogP contribution in [0.4, 0.5) is 10.5 Å². The van der Waals surface area contributed by atoms with Gasteiger partial charge in [-0.15, -0.1) is 11.8 Å². The van der Waals surface area contributed by atoms with E-state index in [-0.39, 0.29) is 24.5 Å². The van der Waals surface area contributed by atoms with Crippen molar-refractivity contribution in [2.24, 2.45) is 0 Å². The number of anilines is 1. The molecule has 0 fully saturated rings. The minimum absolute atomic E-state index is 0.0332. The number of hydrogen-bond acceptors (Lipinski definition) is 8. The van der Waals surface area contributed by atoms with Crippen LogP contribution in [0, 0.1) is 0 Å².